The summed E-state index contributed by atoms with van der Waals surface area (Å²) in [6.45, 7) is 4.57. The molecule has 190 valence electrons. The summed E-state index contributed by atoms with van der Waals surface area (Å²) in [6.07, 6.45) is 1.76. The van der Waals surface area contributed by atoms with E-state index in [9.17, 15) is 9.90 Å². The number of hydrogen-bond donors (Lipinski definition) is 2. The molecule has 1 fully saturated rings. The minimum absolute atomic E-state index is 0.239. The highest BCUT2D eigenvalue weighted by Crippen LogP contribution is 2.32. The predicted octanol–water partition coefficient (Wildman–Crippen LogP) is 6.13. The van der Waals surface area contributed by atoms with Crippen LogP contribution >= 0.6 is 0 Å². The van der Waals surface area contributed by atoms with Gasteiger partial charge in [0.25, 0.3) is 0 Å². The lowest BCUT2D eigenvalue weighted by Crippen LogP contribution is -2.35. The molecule has 0 spiro atoms. The van der Waals surface area contributed by atoms with Gasteiger partial charge in [-0.3, -0.25) is 4.90 Å². The zero-order valence-corrected chi connectivity index (χ0v) is 21.1. The van der Waals surface area contributed by atoms with Crippen LogP contribution < -0.4 is 10.1 Å². The van der Waals surface area contributed by atoms with Crippen molar-refractivity contribution in [2.24, 2.45) is 5.92 Å². The molecule has 1 unspecified atom stereocenters. The van der Waals surface area contributed by atoms with Gasteiger partial charge >= 0.3 is 6.09 Å². The van der Waals surface area contributed by atoms with Crippen LogP contribution in [0.3, 0.4) is 0 Å². The molecular formula is C30H37N3O3. The molecule has 3 aromatic rings. The van der Waals surface area contributed by atoms with Gasteiger partial charge in [-0.15, -0.1) is 0 Å². The molecule has 1 amide bonds. The van der Waals surface area contributed by atoms with Crippen molar-refractivity contribution < 1.29 is 14.6 Å². The number of para-hydroxylation sites is 2. The Kier molecular flexibility index (Phi) is 9.22. The van der Waals surface area contributed by atoms with Crippen molar-refractivity contribution in [1.29, 1.82) is 0 Å². The minimum atomic E-state index is -0.932. The molecule has 1 aliphatic rings. The van der Waals surface area contributed by atoms with Gasteiger partial charge in [0.1, 0.15) is 11.9 Å². The molecule has 1 atom stereocenters. The lowest BCUT2D eigenvalue weighted by atomic mass is 9.96. The fourth-order valence-electron chi connectivity index (χ4n) is 4.68. The van der Waals surface area contributed by atoms with E-state index >= 15 is 0 Å². The van der Waals surface area contributed by atoms with Crippen LogP contribution in [0.4, 0.5) is 10.5 Å². The second kappa shape index (κ2) is 13.0. The van der Waals surface area contributed by atoms with Crippen LogP contribution in [-0.2, 0) is 6.54 Å². The molecule has 0 aromatic heterocycles. The molecule has 3 aromatic carbocycles. The summed E-state index contributed by atoms with van der Waals surface area (Å²) in [4.78, 5) is 15.1. The molecule has 0 radical (unpaired) electrons. The van der Waals surface area contributed by atoms with Crippen LogP contribution in [0.15, 0.2) is 84.9 Å². The van der Waals surface area contributed by atoms with Gasteiger partial charge < -0.3 is 20.1 Å². The van der Waals surface area contributed by atoms with E-state index < -0.39 is 6.09 Å². The molecule has 36 heavy (non-hydrogen) atoms. The lowest BCUT2D eigenvalue weighted by Gasteiger charge is -2.32. The standard InChI is InChI=1S/C30H37N3O3/c1-32(30(34)35)19-18-28(26-12-6-3-7-13-26)36-29-15-9-8-14-27(29)31-22-24-16-20-33(21-17-24)23-25-10-4-2-5-11-25/h2-15,24,28,31H,16-23H2,1H3,(H,34,35). The number of amides is 1. The number of carbonyl (C=O) groups is 1. The Bertz CT molecular complexity index is 1070. The highest BCUT2D eigenvalue weighted by atomic mass is 16.5. The summed E-state index contributed by atoms with van der Waals surface area (Å²) in [5, 5.41) is 12.9. The van der Waals surface area contributed by atoms with E-state index in [1.807, 2.05) is 48.5 Å². The highest BCUT2D eigenvalue weighted by Gasteiger charge is 2.21. The van der Waals surface area contributed by atoms with Crippen molar-refractivity contribution in [3.8, 4) is 5.75 Å². The van der Waals surface area contributed by atoms with E-state index in [-0.39, 0.29) is 6.10 Å². The molecule has 6 nitrogen and oxygen atoms in total. The maximum atomic E-state index is 11.3. The summed E-state index contributed by atoms with van der Waals surface area (Å²) in [5.41, 5.74) is 3.40. The van der Waals surface area contributed by atoms with Gasteiger partial charge in [0.2, 0.25) is 0 Å². The summed E-state index contributed by atoms with van der Waals surface area (Å²) < 4.78 is 6.49. The number of benzene rings is 3. The van der Waals surface area contributed by atoms with E-state index in [0.717, 1.165) is 43.2 Å². The van der Waals surface area contributed by atoms with Crippen LogP contribution in [-0.4, -0.2) is 54.2 Å². The molecular weight excluding hydrogens is 450 g/mol. The van der Waals surface area contributed by atoms with Crippen LogP contribution in [0.5, 0.6) is 5.75 Å². The molecule has 1 aliphatic heterocycles. The van der Waals surface area contributed by atoms with Gasteiger partial charge in [0, 0.05) is 33.1 Å². The largest absolute Gasteiger partial charge is 0.484 e. The molecule has 0 saturated carbocycles. The Morgan fingerprint density at radius 3 is 2.33 bits per heavy atom. The summed E-state index contributed by atoms with van der Waals surface area (Å²) in [5.74, 6) is 1.42. The van der Waals surface area contributed by atoms with Crippen LogP contribution in [0.1, 0.15) is 36.5 Å². The van der Waals surface area contributed by atoms with E-state index in [0.29, 0.717) is 18.9 Å². The van der Waals surface area contributed by atoms with E-state index in [4.69, 9.17) is 4.74 Å². The Morgan fingerprint density at radius 1 is 1.00 bits per heavy atom. The first-order chi connectivity index (χ1) is 17.6. The van der Waals surface area contributed by atoms with Crippen LogP contribution in [0.25, 0.3) is 0 Å². The van der Waals surface area contributed by atoms with Gasteiger partial charge in [-0.2, -0.15) is 0 Å². The monoisotopic (exact) mass is 487 g/mol. The maximum Gasteiger partial charge on any atom is 0.407 e. The number of rotatable bonds is 11. The van der Waals surface area contributed by atoms with Crippen LogP contribution in [0, 0.1) is 5.92 Å². The zero-order chi connectivity index (χ0) is 25.2. The van der Waals surface area contributed by atoms with Crippen molar-refractivity contribution >= 4 is 11.8 Å². The highest BCUT2D eigenvalue weighted by molar-refractivity contribution is 5.64. The average Bonchev–Trinajstić information content (AvgIpc) is 2.92. The fourth-order valence-corrected chi connectivity index (χ4v) is 4.68. The van der Waals surface area contributed by atoms with Gasteiger partial charge in [0.15, 0.2) is 0 Å². The number of likely N-dealkylation sites (tertiary alicyclic amines) is 1. The predicted molar refractivity (Wildman–Crippen MR) is 144 cm³/mol. The molecule has 6 heteroatoms. The third kappa shape index (κ3) is 7.49. The lowest BCUT2D eigenvalue weighted by molar-refractivity contribution is 0.140. The number of nitrogens with one attached hydrogen (secondary N) is 1. The number of carboxylic acid groups (broad SMARTS) is 1. The summed E-state index contributed by atoms with van der Waals surface area (Å²) in [7, 11) is 1.59. The van der Waals surface area contributed by atoms with Crippen molar-refractivity contribution in [1.82, 2.24) is 9.80 Å². The normalized spacial score (nSPS) is 15.2. The summed E-state index contributed by atoms with van der Waals surface area (Å²) >= 11 is 0. The fraction of sp³-hybridized carbons (Fsp3) is 0.367. The smallest absolute Gasteiger partial charge is 0.407 e. The summed E-state index contributed by atoms with van der Waals surface area (Å²) in [6, 6.07) is 28.8. The van der Waals surface area contributed by atoms with E-state index in [1.165, 1.54) is 23.3 Å². The van der Waals surface area contributed by atoms with Crippen molar-refractivity contribution in [2.75, 3.05) is 38.5 Å². The first-order valence-electron chi connectivity index (χ1n) is 12.8. The quantitative estimate of drug-likeness (QED) is 0.341. The van der Waals surface area contributed by atoms with E-state index in [2.05, 4.69) is 46.6 Å². The third-order valence-corrected chi connectivity index (χ3v) is 6.92. The topological polar surface area (TPSA) is 65.0 Å². The number of anilines is 1. The molecule has 0 aliphatic carbocycles. The van der Waals surface area contributed by atoms with Crippen LogP contribution in [0.2, 0.25) is 0 Å². The Hall–Kier alpha value is -3.51. The number of nitrogens with zero attached hydrogens (tertiary/aromatic N) is 2. The first-order valence-corrected chi connectivity index (χ1v) is 12.8. The second-order valence-electron chi connectivity index (χ2n) is 9.59. The molecule has 4 rings (SSSR count). The van der Waals surface area contributed by atoms with Crippen molar-refractivity contribution in [2.45, 2.75) is 31.9 Å². The molecule has 1 heterocycles. The van der Waals surface area contributed by atoms with E-state index in [1.54, 1.807) is 7.05 Å². The number of ether oxygens (including phenoxy) is 1. The minimum Gasteiger partial charge on any atom is -0.484 e. The van der Waals surface area contributed by atoms with Crippen molar-refractivity contribution in [3.05, 3.63) is 96.1 Å². The Balaban J connectivity index is 1.33. The first kappa shape index (κ1) is 25.6. The Labute approximate surface area is 214 Å². The SMILES string of the molecule is CN(CCC(Oc1ccccc1NCC1CCN(Cc2ccccc2)CC1)c1ccccc1)C(=O)O. The van der Waals surface area contributed by atoms with Gasteiger partial charge in [-0.1, -0.05) is 72.8 Å². The maximum absolute atomic E-state index is 11.3. The molecule has 0 bridgehead atoms. The van der Waals surface area contributed by atoms with Gasteiger partial charge in [-0.25, -0.2) is 4.79 Å². The van der Waals surface area contributed by atoms with Crippen molar-refractivity contribution in [3.63, 3.8) is 0 Å². The Morgan fingerprint density at radius 2 is 1.64 bits per heavy atom. The third-order valence-electron chi connectivity index (χ3n) is 6.92. The molecule has 1 saturated heterocycles. The average molecular weight is 488 g/mol. The second-order valence-corrected chi connectivity index (χ2v) is 9.59. The number of piperidine rings is 1. The van der Waals surface area contributed by atoms with Gasteiger partial charge in [-0.05, 0) is 55.1 Å². The zero-order valence-electron chi connectivity index (χ0n) is 21.1. The molecule has 2 N–H and O–H groups in total. The number of hydrogen-bond acceptors (Lipinski definition) is 4. The van der Waals surface area contributed by atoms with Gasteiger partial charge in [0.05, 0.1) is 5.69 Å².